The number of rotatable bonds is 10. The van der Waals surface area contributed by atoms with E-state index in [-0.39, 0.29) is 41.8 Å². The van der Waals surface area contributed by atoms with Gasteiger partial charge in [-0.25, -0.2) is 0 Å². The third kappa shape index (κ3) is 6.58. The van der Waals surface area contributed by atoms with E-state index in [1.807, 2.05) is 45.9 Å². The van der Waals surface area contributed by atoms with Crippen molar-refractivity contribution in [2.45, 2.75) is 79.1 Å². The van der Waals surface area contributed by atoms with Crippen LogP contribution in [-0.4, -0.2) is 20.8 Å². The van der Waals surface area contributed by atoms with Gasteiger partial charge in [0.15, 0.2) is 12.4 Å². The van der Waals surface area contributed by atoms with Crippen LogP contribution >= 0.6 is 0 Å². The fourth-order valence-electron chi connectivity index (χ4n) is 3.96. The Labute approximate surface area is 198 Å². The van der Waals surface area contributed by atoms with Crippen LogP contribution in [0, 0.1) is 0 Å². The Morgan fingerprint density at radius 3 is 1.70 bits per heavy atom. The van der Waals surface area contributed by atoms with Gasteiger partial charge in [-0.15, -0.1) is 0 Å². The molecular weight excluding hydrogens is 438 g/mol. The van der Waals surface area contributed by atoms with Crippen molar-refractivity contribution in [3.63, 3.8) is 0 Å². The van der Waals surface area contributed by atoms with Crippen molar-refractivity contribution in [1.82, 2.24) is 0 Å². The molecule has 2 aromatic rings. The topological polar surface area (TPSA) is 95.7 Å². The first-order valence-corrected chi connectivity index (χ1v) is 12.9. The van der Waals surface area contributed by atoms with Gasteiger partial charge in [-0.1, -0.05) is 85.7 Å². The van der Waals surface area contributed by atoms with E-state index < -0.39 is 10.3 Å². The number of benzene rings is 2. The highest BCUT2D eigenvalue weighted by molar-refractivity contribution is 7.84. The Hall–Kier alpha value is -2.38. The first-order chi connectivity index (χ1) is 15.2. The molecule has 0 saturated carbocycles. The van der Waals surface area contributed by atoms with Crippen LogP contribution in [0.1, 0.15) is 112 Å². The smallest absolute Gasteiger partial charge is 0.380 e. The van der Waals surface area contributed by atoms with Crippen LogP contribution in [0.4, 0.5) is 0 Å². The van der Waals surface area contributed by atoms with Crippen LogP contribution in [0.25, 0.3) is 0 Å². The fraction of sp³-hybridized carbons (Fsp3) is 0.500. The maximum Gasteiger partial charge on any atom is 0.380 e. The lowest BCUT2D eigenvalue weighted by atomic mass is 9.88. The van der Waals surface area contributed by atoms with Crippen molar-refractivity contribution in [2.24, 2.45) is 5.14 Å². The highest BCUT2D eigenvalue weighted by Crippen LogP contribution is 2.39. The van der Waals surface area contributed by atoms with Crippen LogP contribution in [0.2, 0.25) is 0 Å². The van der Waals surface area contributed by atoms with Gasteiger partial charge >= 0.3 is 10.3 Å². The number of hydrogen-bond donors (Lipinski definition) is 1. The number of hydrogen-bond acceptors (Lipinski definition) is 5. The molecule has 7 heteroatoms. The summed E-state index contributed by atoms with van der Waals surface area (Å²) >= 11 is 0. The van der Waals surface area contributed by atoms with E-state index >= 15 is 0 Å². The van der Waals surface area contributed by atoms with E-state index in [1.165, 1.54) is 0 Å². The zero-order valence-corrected chi connectivity index (χ0v) is 21.7. The van der Waals surface area contributed by atoms with Crippen molar-refractivity contribution in [3.05, 3.63) is 58.1 Å². The van der Waals surface area contributed by atoms with Crippen molar-refractivity contribution < 1.29 is 22.1 Å². The Kier molecular flexibility index (Phi) is 8.71. The van der Waals surface area contributed by atoms with Crippen molar-refractivity contribution in [2.75, 3.05) is 6.61 Å². The van der Waals surface area contributed by atoms with Gasteiger partial charge in [0.2, 0.25) is 5.78 Å². The minimum Gasteiger partial charge on any atom is -0.485 e. The van der Waals surface area contributed by atoms with Crippen LogP contribution in [0.5, 0.6) is 11.5 Å². The maximum absolute atomic E-state index is 13.3. The molecule has 182 valence electrons. The average Bonchev–Trinajstić information content (AvgIpc) is 2.69. The minimum atomic E-state index is -4.26. The standard InChI is InChI=1S/C26H37NO5S/c1-15(2)19-10-9-11-20(16(3)4)25(19)31-14-23(28)22-13-12-21(17(5)6)26(24(22)18(7)8)32-33(27,29)30/h9-13,15-18H,14H2,1-8H3,(H2,27,29,30). The van der Waals surface area contributed by atoms with Gasteiger partial charge in [-0.3, -0.25) is 4.79 Å². The van der Waals surface area contributed by atoms with E-state index in [9.17, 15) is 13.2 Å². The summed E-state index contributed by atoms with van der Waals surface area (Å²) in [4.78, 5) is 13.3. The molecule has 0 aromatic heterocycles. The molecule has 0 amide bonds. The van der Waals surface area contributed by atoms with E-state index in [4.69, 9.17) is 14.1 Å². The highest BCUT2D eigenvalue weighted by Gasteiger charge is 2.26. The number of carbonyl (C=O) groups excluding carboxylic acids is 1. The fourth-order valence-corrected chi connectivity index (χ4v) is 4.38. The molecule has 0 fully saturated rings. The van der Waals surface area contributed by atoms with Crippen LogP contribution < -0.4 is 14.1 Å². The van der Waals surface area contributed by atoms with Gasteiger partial charge in [0.05, 0.1) is 0 Å². The molecule has 2 rings (SSSR count). The maximum atomic E-state index is 13.3. The van der Waals surface area contributed by atoms with Crippen LogP contribution in [0.15, 0.2) is 30.3 Å². The van der Waals surface area contributed by atoms with E-state index in [2.05, 4.69) is 27.7 Å². The summed E-state index contributed by atoms with van der Waals surface area (Å²) in [7, 11) is -4.26. The second-order valence-corrected chi connectivity index (χ2v) is 10.8. The lowest BCUT2D eigenvalue weighted by Crippen LogP contribution is -2.23. The molecule has 0 unspecified atom stereocenters. The monoisotopic (exact) mass is 475 g/mol. The molecule has 0 aliphatic rings. The summed E-state index contributed by atoms with van der Waals surface area (Å²) in [5.41, 5.74) is 3.67. The summed E-state index contributed by atoms with van der Waals surface area (Å²) in [6.07, 6.45) is 0. The molecule has 2 N–H and O–H groups in total. The molecule has 0 radical (unpaired) electrons. The van der Waals surface area contributed by atoms with Crippen molar-refractivity contribution in [3.8, 4) is 11.5 Å². The van der Waals surface area contributed by atoms with Gasteiger partial charge in [-0.05, 0) is 40.4 Å². The summed E-state index contributed by atoms with van der Waals surface area (Å²) in [6, 6.07) is 9.50. The average molecular weight is 476 g/mol. The number of nitrogens with two attached hydrogens (primary N) is 1. The van der Waals surface area contributed by atoms with Crippen LogP contribution in [-0.2, 0) is 10.3 Å². The lowest BCUT2D eigenvalue weighted by molar-refractivity contribution is 0.0918. The largest absolute Gasteiger partial charge is 0.485 e. The van der Waals surface area contributed by atoms with Gasteiger partial charge < -0.3 is 8.92 Å². The second-order valence-electron chi connectivity index (χ2n) is 9.62. The molecule has 0 aliphatic heterocycles. The van der Waals surface area contributed by atoms with Gasteiger partial charge in [0, 0.05) is 11.1 Å². The quantitative estimate of drug-likeness (QED) is 0.424. The molecule has 2 aromatic carbocycles. The molecule has 0 saturated heterocycles. The molecule has 0 atom stereocenters. The Morgan fingerprint density at radius 2 is 1.27 bits per heavy atom. The Balaban J connectivity index is 2.53. The molecule has 0 aliphatic carbocycles. The molecule has 0 bridgehead atoms. The van der Waals surface area contributed by atoms with Crippen molar-refractivity contribution in [1.29, 1.82) is 0 Å². The molecular formula is C26H37NO5S. The summed E-state index contributed by atoms with van der Waals surface area (Å²) in [6.45, 7) is 15.8. The number of carbonyl (C=O) groups is 1. The predicted molar refractivity (Wildman–Crippen MR) is 133 cm³/mol. The third-order valence-corrected chi connectivity index (χ3v) is 5.99. The van der Waals surface area contributed by atoms with E-state index in [1.54, 1.807) is 12.1 Å². The zero-order chi connectivity index (χ0) is 25.1. The highest BCUT2D eigenvalue weighted by atomic mass is 32.2. The Morgan fingerprint density at radius 1 is 0.788 bits per heavy atom. The Bertz CT molecular complexity index is 1080. The van der Waals surface area contributed by atoms with Gasteiger partial charge in [0.25, 0.3) is 0 Å². The second kappa shape index (κ2) is 10.7. The lowest BCUT2D eigenvalue weighted by Gasteiger charge is -2.22. The summed E-state index contributed by atoms with van der Waals surface area (Å²) in [5, 5.41) is 5.20. The summed E-state index contributed by atoms with van der Waals surface area (Å²) in [5.74, 6) is 0.905. The first kappa shape index (κ1) is 26.9. The molecule has 6 nitrogen and oxygen atoms in total. The molecule has 33 heavy (non-hydrogen) atoms. The van der Waals surface area contributed by atoms with Gasteiger partial charge in [-0.2, -0.15) is 13.6 Å². The number of Topliss-reactive ketones (excluding diaryl/α,β-unsaturated/α-hetero) is 1. The van der Waals surface area contributed by atoms with Crippen LogP contribution in [0.3, 0.4) is 0 Å². The minimum absolute atomic E-state index is 0.0221. The molecule has 0 spiro atoms. The third-order valence-electron chi connectivity index (χ3n) is 5.59. The number of ether oxygens (including phenoxy) is 1. The first-order valence-electron chi connectivity index (χ1n) is 11.4. The normalized spacial score (nSPS) is 12.2. The SMILES string of the molecule is CC(C)c1cccc(C(C)C)c1OCC(=O)c1ccc(C(C)C)c(OS(N)(=O)=O)c1C(C)C. The molecule has 0 heterocycles. The van der Waals surface area contributed by atoms with Gasteiger partial charge in [0.1, 0.15) is 5.75 Å². The number of para-hydroxylation sites is 1. The zero-order valence-electron chi connectivity index (χ0n) is 20.9. The number of ketones is 1. The van der Waals surface area contributed by atoms with E-state index in [0.717, 1.165) is 16.9 Å². The van der Waals surface area contributed by atoms with E-state index in [0.29, 0.717) is 16.7 Å². The predicted octanol–water partition coefficient (Wildman–Crippen LogP) is 6.02. The summed E-state index contributed by atoms with van der Waals surface area (Å²) < 4.78 is 34.9. The van der Waals surface area contributed by atoms with Crippen molar-refractivity contribution >= 4 is 16.1 Å².